The Kier molecular flexibility index (Phi) is 3.92. The Balaban J connectivity index is 1.94. The van der Waals surface area contributed by atoms with Crippen molar-refractivity contribution >= 4 is 37.2 Å². The number of carbonyl (C=O) groups is 5. The molecule has 1 atom stereocenters. The van der Waals surface area contributed by atoms with E-state index in [0.29, 0.717) is 0 Å². The summed E-state index contributed by atoms with van der Waals surface area (Å²) >= 11 is 0. The first-order valence-electron chi connectivity index (χ1n) is 7.37. The van der Waals surface area contributed by atoms with Gasteiger partial charge in [0.2, 0.25) is 11.8 Å². The lowest BCUT2D eigenvalue weighted by atomic mass is 10.0. The number of hydrogen-bond donors (Lipinski definition) is 1. The van der Waals surface area contributed by atoms with Crippen LogP contribution in [-0.2, 0) is 14.4 Å². The Hall–Kier alpha value is -2.97. The molecule has 1 aromatic carbocycles. The van der Waals surface area contributed by atoms with Crippen molar-refractivity contribution in [1.29, 1.82) is 0 Å². The highest BCUT2D eigenvalue weighted by Crippen LogP contribution is 2.33. The van der Waals surface area contributed by atoms with E-state index in [1.165, 1.54) is 26.0 Å². The zero-order valence-electron chi connectivity index (χ0n) is 12.8. The SMILES string of the molecule is BC(=O)COc1cccc2c1C(=O)N(C1CCC(=O)NC1=O)C2=O. The smallest absolute Gasteiger partial charge is 0.266 e. The molecule has 0 aliphatic carbocycles. The number of imide groups is 2. The van der Waals surface area contributed by atoms with E-state index in [2.05, 4.69) is 5.32 Å². The van der Waals surface area contributed by atoms with Gasteiger partial charge in [-0.05, 0) is 18.6 Å². The molecule has 1 N–H and O–H groups in total. The lowest BCUT2D eigenvalue weighted by molar-refractivity contribution is -0.136. The number of nitrogens with one attached hydrogen (secondary N) is 1. The second-order valence-corrected chi connectivity index (χ2v) is 5.62. The van der Waals surface area contributed by atoms with Crippen LogP contribution in [0, 0.1) is 0 Å². The van der Waals surface area contributed by atoms with E-state index in [0.717, 1.165) is 4.90 Å². The highest BCUT2D eigenvalue weighted by atomic mass is 16.5. The van der Waals surface area contributed by atoms with Gasteiger partial charge >= 0.3 is 0 Å². The molecule has 2 aliphatic rings. The van der Waals surface area contributed by atoms with Crippen molar-refractivity contribution in [2.45, 2.75) is 18.9 Å². The largest absolute Gasteiger partial charge is 0.486 e. The molecule has 0 saturated carbocycles. The second-order valence-electron chi connectivity index (χ2n) is 5.62. The molecule has 4 amide bonds. The van der Waals surface area contributed by atoms with Crippen LogP contribution in [0.3, 0.4) is 0 Å². The first kappa shape index (κ1) is 15.9. The van der Waals surface area contributed by atoms with Crippen molar-refractivity contribution in [1.82, 2.24) is 10.2 Å². The fourth-order valence-corrected chi connectivity index (χ4v) is 2.78. The number of fused-ring (bicyclic) bond motifs is 1. The summed E-state index contributed by atoms with van der Waals surface area (Å²) in [4.78, 5) is 60.4. The number of piperidine rings is 1. The van der Waals surface area contributed by atoms with E-state index in [-0.39, 0.29) is 42.0 Å². The molecule has 0 aromatic heterocycles. The molecule has 24 heavy (non-hydrogen) atoms. The zero-order valence-corrected chi connectivity index (χ0v) is 12.8. The predicted molar refractivity (Wildman–Crippen MR) is 82.2 cm³/mol. The maximum Gasteiger partial charge on any atom is 0.266 e. The van der Waals surface area contributed by atoms with Gasteiger partial charge in [0.25, 0.3) is 11.8 Å². The summed E-state index contributed by atoms with van der Waals surface area (Å²) in [6.45, 7) is -0.226. The second kappa shape index (κ2) is 5.91. The Morgan fingerprint density at radius 2 is 2.00 bits per heavy atom. The van der Waals surface area contributed by atoms with Crippen molar-refractivity contribution in [2.24, 2.45) is 0 Å². The van der Waals surface area contributed by atoms with E-state index in [1.54, 1.807) is 0 Å². The van der Waals surface area contributed by atoms with Crippen LogP contribution < -0.4 is 10.1 Å². The maximum atomic E-state index is 12.7. The summed E-state index contributed by atoms with van der Waals surface area (Å²) < 4.78 is 5.30. The molecule has 9 heteroatoms. The summed E-state index contributed by atoms with van der Waals surface area (Å²) in [5.41, 5.74) is -0.0781. The molecule has 1 saturated heterocycles. The Morgan fingerprint density at radius 1 is 1.25 bits per heavy atom. The van der Waals surface area contributed by atoms with E-state index < -0.39 is 29.7 Å². The molecule has 2 aliphatic heterocycles. The number of rotatable bonds is 4. The molecule has 0 spiro atoms. The molecule has 8 nitrogen and oxygen atoms in total. The minimum absolute atomic E-state index is 0.0356. The van der Waals surface area contributed by atoms with Crippen molar-refractivity contribution in [2.75, 3.05) is 6.61 Å². The van der Waals surface area contributed by atoms with Gasteiger partial charge in [-0.3, -0.25) is 29.4 Å². The van der Waals surface area contributed by atoms with Crippen LogP contribution in [0.1, 0.15) is 33.6 Å². The van der Waals surface area contributed by atoms with Crippen molar-refractivity contribution < 1.29 is 28.7 Å². The Labute approximate surface area is 137 Å². The Bertz CT molecular complexity index is 790. The lowest BCUT2D eigenvalue weighted by Crippen LogP contribution is -2.54. The minimum atomic E-state index is -1.03. The quantitative estimate of drug-likeness (QED) is 0.539. The van der Waals surface area contributed by atoms with Crippen LogP contribution in [0.4, 0.5) is 0 Å². The van der Waals surface area contributed by atoms with Crippen molar-refractivity contribution in [3.05, 3.63) is 29.3 Å². The Morgan fingerprint density at radius 3 is 2.67 bits per heavy atom. The van der Waals surface area contributed by atoms with Crippen LogP contribution in [0.5, 0.6) is 5.75 Å². The third-order valence-electron chi connectivity index (χ3n) is 3.86. The number of carbonyl (C=O) groups excluding carboxylic acids is 5. The van der Waals surface area contributed by atoms with Gasteiger partial charge in [-0.15, -0.1) is 0 Å². The van der Waals surface area contributed by atoms with Gasteiger partial charge < -0.3 is 9.53 Å². The van der Waals surface area contributed by atoms with Crippen LogP contribution in [-0.4, -0.2) is 54.7 Å². The number of nitrogens with zero attached hydrogens (tertiary/aromatic N) is 1. The zero-order chi connectivity index (χ0) is 17.4. The van der Waals surface area contributed by atoms with Gasteiger partial charge in [0.05, 0.1) is 11.1 Å². The van der Waals surface area contributed by atoms with E-state index in [4.69, 9.17) is 4.74 Å². The highest BCUT2D eigenvalue weighted by molar-refractivity contribution is 6.58. The van der Waals surface area contributed by atoms with E-state index in [1.807, 2.05) is 0 Å². The third kappa shape index (κ3) is 2.57. The molecule has 0 radical (unpaired) electrons. The average Bonchev–Trinajstić information content (AvgIpc) is 2.78. The van der Waals surface area contributed by atoms with Gasteiger partial charge in [0.1, 0.15) is 24.1 Å². The summed E-state index contributed by atoms with van der Waals surface area (Å²) in [5, 5.41) is 2.13. The number of ether oxygens (including phenoxy) is 1. The average molecular weight is 328 g/mol. The monoisotopic (exact) mass is 328 g/mol. The summed E-state index contributed by atoms with van der Waals surface area (Å²) in [6, 6.07) is 3.45. The standard InChI is InChI=1S/C15H13BN2O6/c16-10(19)6-24-9-3-1-2-7-12(9)15(23)18(14(7)22)8-4-5-11(20)17-13(8)21/h1-3,8H,4-6,16H2,(H,17,20,21). The molecule has 3 rings (SSSR count). The lowest BCUT2D eigenvalue weighted by Gasteiger charge is -2.27. The van der Waals surface area contributed by atoms with Crippen LogP contribution in [0.15, 0.2) is 18.2 Å². The first-order chi connectivity index (χ1) is 11.4. The summed E-state index contributed by atoms with van der Waals surface area (Å²) in [7, 11) is 1.34. The van der Waals surface area contributed by atoms with Gasteiger partial charge in [-0.25, -0.2) is 0 Å². The molecular formula is C15H13BN2O6. The maximum absolute atomic E-state index is 12.7. The molecular weight excluding hydrogens is 315 g/mol. The van der Waals surface area contributed by atoms with Crippen LogP contribution >= 0.6 is 0 Å². The summed E-state index contributed by atoms with van der Waals surface area (Å²) in [6.07, 6.45) is 0.136. The number of amides is 4. The number of hydrogen-bond acceptors (Lipinski definition) is 6. The minimum Gasteiger partial charge on any atom is -0.486 e. The fourth-order valence-electron chi connectivity index (χ4n) is 2.78. The molecule has 0 bridgehead atoms. The van der Waals surface area contributed by atoms with E-state index >= 15 is 0 Å². The third-order valence-corrected chi connectivity index (χ3v) is 3.86. The van der Waals surface area contributed by atoms with Crippen LogP contribution in [0.25, 0.3) is 0 Å². The molecule has 122 valence electrons. The van der Waals surface area contributed by atoms with Crippen molar-refractivity contribution in [3.63, 3.8) is 0 Å². The number of benzene rings is 1. The molecule has 1 unspecified atom stereocenters. The van der Waals surface area contributed by atoms with Gasteiger partial charge in [-0.2, -0.15) is 0 Å². The fraction of sp³-hybridized carbons (Fsp3) is 0.267. The molecule has 2 heterocycles. The highest BCUT2D eigenvalue weighted by Gasteiger charge is 2.45. The molecule has 1 aromatic rings. The van der Waals surface area contributed by atoms with Crippen LogP contribution in [0.2, 0.25) is 0 Å². The molecule has 1 fully saturated rings. The summed E-state index contributed by atoms with van der Waals surface area (Å²) in [5.74, 6) is -2.26. The normalized spacial score (nSPS) is 20.0. The van der Waals surface area contributed by atoms with Gasteiger partial charge in [-0.1, -0.05) is 6.07 Å². The van der Waals surface area contributed by atoms with Gasteiger partial charge in [0.15, 0.2) is 7.85 Å². The van der Waals surface area contributed by atoms with Crippen molar-refractivity contribution in [3.8, 4) is 5.75 Å². The first-order valence-corrected chi connectivity index (χ1v) is 7.37. The topological polar surface area (TPSA) is 110 Å². The van der Waals surface area contributed by atoms with E-state index in [9.17, 15) is 24.0 Å². The van der Waals surface area contributed by atoms with Gasteiger partial charge in [0, 0.05) is 6.42 Å². The predicted octanol–water partition coefficient (Wildman–Crippen LogP) is -1.37.